The number of esters is 1. The molecule has 4 nitrogen and oxygen atoms in total. The van der Waals surface area contributed by atoms with E-state index in [9.17, 15) is 9.59 Å². The van der Waals surface area contributed by atoms with Crippen LogP contribution >= 0.6 is 0 Å². The summed E-state index contributed by atoms with van der Waals surface area (Å²) in [6.07, 6.45) is -0.408. The summed E-state index contributed by atoms with van der Waals surface area (Å²) in [4.78, 5) is 20.5. The Morgan fingerprint density at radius 1 is 1.73 bits per heavy atom. The molecule has 0 bridgehead atoms. The molecule has 0 saturated heterocycles. The highest BCUT2D eigenvalue weighted by molar-refractivity contribution is 5.70. The Bertz CT molecular complexity index is 132. The zero-order valence-electron chi connectivity index (χ0n) is 6.45. The van der Waals surface area contributed by atoms with Gasteiger partial charge in [0.1, 0.15) is 12.4 Å². The van der Waals surface area contributed by atoms with Crippen LogP contribution in [0.15, 0.2) is 0 Å². The van der Waals surface area contributed by atoms with E-state index in [0.717, 1.165) is 0 Å². The lowest BCUT2D eigenvalue weighted by Gasteiger charge is -2.01. The third kappa shape index (κ3) is 5.54. The molecule has 0 aliphatic carbocycles. The predicted molar refractivity (Wildman–Crippen MR) is 37.9 cm³/mol. The first kappa shape index (κ1) is 10.1. The summed E-state index contributed by atoms with van der Waals surface area (Å²) < 4.78 is 4.57. The fraction of sp³-hybridized carbons (Fsp3) is 0.714. The van der Waals surface area contributed by atoms with E-state index in [-0.39, 0.29) is 18.8 Å². The van der Waals surface area contributed by atoms with Crippen LogP contribution < -0.4 is 0 Å². The predicted octanol–water partition coefficient (Wildman–Crippen LogP) is -0.110. The van der Waals surface area contributed by atoms with Gasteiger partial charge >= 0.3 is 5.97 Å². The van der Waals surface area contributed by atoms with Crippen molar-refractivity contribution in [1.82, 2.24) is 0 Å². The lowest BCUT2D eigenvalue weighted by Crippen LogP contribution is -2.12. The zero-order chi connectivity index (χ0) is 8.69. The second kappa shape index (κ2) is 5.85. The molecule has 1 unspecified atom stereocenters. The number of rotatable bonds is 5. The van der Waals surface area contributed by atoms with Crippen molar-refractivity contribution in [2.24, 2.45) is 0 Å². The van der Waals surface area contributed by atoms with Gasteiger partial charge in [0.05, 0.1) is 6.61 Å². The first-order chi connectivity index (χ1) is 5.20. The van der Waals surface area contributed by atoms with E-state index in [4.69, 9.17) is 5.11 Å². The Labute approximate surface area is 65.2 Å². The molecule has 64 valence electrons. The molecule has 0 aromatic heterocycles. The summed E-state index contributed by atoms with van der Waals surface area (Å²) in [6.45, 7) is 2.03. The first-order valence-corrected chi connectivity index (χ1v) is 3.49. The van der Waals surface area contributed by atoms with Crippen LogP contribution in [0.1, 0.15) is 19.8 Å². The molecule has 0 saturated carbocycles. The molecule has 4 heteroatoms. The lowest BCUT2D eigenvalue weighted by atomic mass is 10.2. The van der Waals surface area contributed by atoms with E-state index in [1.807, 2.05) is 0 Å². The molecular formula is C7H12O4. The summed E-state index contributed by atoms with van der Waals surface area (Å²) in [5, 5.41) is 8.70. The summed E-state index contributed by atoms with van der Waals surface area (Å²) >= 11 is 0. The van der Waals surface area contributed by atoms with Gasteiger partial charge in [-0.05, 0) is 13.3 Å². The number of aliphatic hydroxyl groups is 1. The quantitative estimate of drug-likeness (QED) is 0.450. The molecule has 1 atom stereocenters. The van der Waals surface area contributed by atoms with Crippen LogP contribution in [0.4, 0.5) is 0 Å². The largest absolute Gasteiger partial charge is 0.466 e. The Hall–Kier alpha value is -0.900. The highest BCUT2D eigenvalue weighted by Crippen LogP contribution is 1.96. The molecule has 0 amide bonds. The van der Waals surface area contributed by atoms with Gasteiger partial charge in [-0.25, -0.2) is 0 Å². The van der Waals surface area contributed by atoms with Crippen LogP contribution in [-0.4, -0.2) is 30.1 Å². The summed E-state index contributed by atoms with van der Waals surface area (Å²) in [5.74, 6) is -0.381. The normalized spacial score (nSPS) is 12.2. The van der Waals surface area contributed by atoms with Crippen LogP contribution in [0.3, 0.4) is 0 Å². The molecule has 0 radical (unpaired) electrons. The van der Waals surface area contributed by atoms with E-state index in [1.165, 1.54) is 0 Å². The summed E-state index contributed by atoms with van der Waals surface area (Å²) in [6, 6.07) is 0. The minimum atomic E-state index is -1.04. The average molecular weight is 160 g/mol. The fourth-order valence-electron chi connectivity index (χ4n) is 0.567. The third-order valence-corrected chi connectivity index (χ3v) is 1.11. The Morgan fingerprint density at radius 3 is 2.82 bits per heavy atom. The second-order valence-corrected chi connectivity index (χ2v) is 2.05. The maximum absolute atomic E-state index is 10.6. The van der Waals surface area contributed by atoms with Crippen molar-refractivity contribution < 1.29 is 19.4 Å². The fourth-order valence-corrected chi connectivity index (χ4v) is 0.567. The molecule has 1 N–H and O–H groups in total. The van der Waals surface area contributed by atoms with Gasteiger partial charge in [0, 0.05) is 6.42 Å². The molecule has 0 fully saturated rings. The van der Waals surface area contributed by atoms with Crippen LogP contribution in [0, 0.1) is 0 Å². The molecule has 0 heterocycles. The number of hydrogen-bond donors (Lipinski definition) is 1. The highest BCUT2D eigenvalue weighted by atomic mass is 16.5. The molecule has 0 spiro atoms. The minimum Gasteiger partial charge on any atom is -0.466 e. The topological polar surface area (TPSA) is 63.6 Å². The molecule has 0 aromatic rings. The number of aldehydes is 1. The van der Waals surface area contributed by atoms with Gasteiger partial charge in [-0.1, -0.05) is 0 Å². The van der Waals surface area contributed by atoms with Crippen LogP contribution in [0.25, 0.3) is 0 Å². The maximum atomic E-state index is 10.6. The van der Waals surface area contributed by atoms with E-state index < -0.39 is 6.10 Å². The van der Waals surface area contributed by atoms with Crippen molar-refractivity contribution in [3.8, 4) is 0 Å². The SMILES string of the molecule is CCOC(=O)CCC(O)C=O. The number of carbonyl (C=O) groups is 2. The van der Waals surface area contributed by atoms with E-state index in [0.29, 0.717) is 12.9 Å². The van der Waals surface area contributed by atoms with Gasteiger partial charge in [0.15, 0.2) is 0 Å². The molecule has 0 aromatic carbocycles. The smallest absolute Gasteiger partial charge is 0.305 e. The van der Waals surface area contributed by atoms with Gasteiger partial charge in [0.2, 0.25) is 0 Å². The van der Waals surface area contributed by atoms with E-state index >= 15 is 0 Å². The average Bonchev–Trinajstić information content (AvgIpc) is 2.01. The van der Waals surface area contributed by atoms with Gasteiger partial charge < -0.3 is 14.6 Å². The first-order valence-electron chi connectivity index (χ1n) is 3.49. The van der Waals surface area contributed by atoms with E-state index in [2.05, 4.69) is 4.74 Å². The van der Waals surface area contributed by atoms with Crippen LogP contribution in [0.2, 0.25) is 0 Å². The molecule has 0 aliphatic heterocycles. The van der Waals surface area contributed by atoms with Crippen molar-refractivity contribution in [2.45, 2.75) is 25.9 Å². The zero-order valence-corrected chi connectivity index (χ0v) is 6.45. The van der Waals surface area contributed by atoms with E-state index in [1.54, 1.807) is 6.92 Å². The molecule has 0 rings (SSSR count). The number of ether oxygens (including phenoxy) is 1. The standard InChI is InChI=1S/C7H12O4/c1-2-11-7(10)4-3-6(9)5-8/h5-6,9H,2-4H2,1H3. The number of hydrogen-bond acceptors (Lipinski definition) is 4. The third-order valence-electron chi connectivity index (χ3n) is 1.11. The van der Waals surface area contributed by atoms with Crippen molar-refractivity contribution in [3.63, 3.8) is 0 Å². The summed E-state index contributed by atoms with van der Waals surface area (Å²) in [5.41, 5.74) is 0. The second-order valence-electron chi connectivity index (χ2n) is 2.05. The molecule has 0 aliphatic rings. The molecular weight excluding hydrogens is 148 g/mol. The van der Waals surface area contributed by atoms with Gasteiger partial charge in [-0.15, -0.1) is 0 Å². The Balaban J connectivity index is 3.37. The Morgan fingerprint density at radius 2 is 2.36 bits per heavy atom. The minimum absolute atomic E-state index is 0.0910. The summed E-state index contributed by atoms with van der Waals surface area (Å²) in [7, 11) is 0. The van der Waals surface area contributed by atoms with Crippen molar-refractivity contribution in [2.75, 3.05) is 6.61 Å². The molecule has 11 heavy (non-hydrogen) atoms. The number of carbonyl (C=O) groups excluding carboxylic acids is 2. The van der Waals surface area contributed by atoms with Gasteiger partial charge in [0.25, 0.3) is 0 Å². The van der Waals surface area contributed by atoms with Crippen LogP contribution in [-0.2, 0) is 14.3 Å². The number of aliphatic hydroxyl groups excluding tert-OH is 1. The van der Waals surface area contributed by atoms with Gasteiger partial charge in [-0.3, -0.25) is 4.79 Å². The highest BCUT2D eigenvalue weighted by Gasteiger charge is 2.06. The van der Waals surface area contributed by atoms with Crippen LogP contribution in [0.5, 0.6) is 0 Å². The van der Waals surface area contributed by atoms with Gasteiger partial charge in [-0.2, -0.15) is 0 Å². The van der Waals surface area contributed by atoms with Crippen molar-refractivity contribution >= 4 is 12.3 Å². The lowest BCUT2D eigenvalue weighted by molar-refractivity contribution is -0.143. The maximum Gasteiger partial charge on any atom is 0.305 e. The Kier molecular flexibility index (Phi) is 5.37. The monoisotopic (exact) mass is 160 g/mol. The van der Waals surface area contributed by atoms with Crippen molar-refractivity contribution in [1.29, 1.82) is 0 Å². The van der Waals surface area contributed by atoms with Crippen molar-refractivity contribution in [3.05, 3.63) is 0 Å².